The molecule has 25 heavy (non-hydrogen) atoms. The standard InChI is InChI=1S/C20H23FN4/c1-3-25(4-2)13-16-8-5-7-15(11-16)12-22-20-19-17(21)9-6-10-18(19)23-14-24-20/h5-11,14H,3-4,12-13H2,1-2H3,(H,22,23,24). The van der Waals surface area contributed by atoms with E-state index in [2.05, 4.69) is 58.3 Å². The lowest BCUT2D eigenvalue weighted by Crippen LogP contribution is -2.22. The summed E-state index contributed by atoms with van der Waals surface area (Å²) in [5.74, 6) is 0.216. The SMILES string of the molecule is CCN(CC)Cc1cccc(CNc2ncnc3cccc(F)c23)c1. The average Bonchev–Trinajstić information content (AvgIpc) is 2.65. The second-order valence-electron chi connectivity index (χ2n) is 5.99. The van der Waals surface area contributed by atoms with Crippen molar-refractivity contribution in [3.8, 4) is 0 Å². The Balaban J connectivity index is 1.76. The highest BCUT2D eigenvalue weighted by atomic mass is 19.1. The molecule has 5 heteroatoms. The van der Waals surface area contributed by atoms with Crippen molar-refractivity contribution in [3.05, 3.63) is 65.7 Å². The van der Waals surface area contributed by atoms with Crippen LogP contribution in [0.25, 0.3) is 10.9 Å². The zero-order valence-corrected chi connectivity index (χ0v) is 14.7. The van der Waals surface area contributed by atoms with Gasteiger partial charge in [0.2, 0.25) is 0 Å². The maximum Gasteiger partial charge on any atom is 0.140 e. The quantitative estimate of drug-likeness (QED) is 0.700. The molecule has 1 N–H and O–H groups in total. The van der Waals surface area contributed by atoms with Gasteiger partial charge in [0.15, 0.2) is 0 Å². The topological polar surface area (TPSA) is 41.0 Å². The van der Waals surface area contributed by atoms with E-state index in [9.17, 15) is 4.39 Å². The van der Waals surface area contributed by atoms with Gasteiger partial charge in [-0.25, -0.2) is 14.4 Å². The number of nitrogens with zero attached hydrogens (tertiary/aromatic N) is 3. The molecule has 0 saturated carbocycles. The summed E-state index contributed by atoms with van der Waals surface area (Å²) in [5, 5.41) is 3.68. The fourth-order valence-corrected chi connectivity index (χ4v) is 2.93. The molecule has 0 spiro atoms. The van der Waals surface area contributed by atoms with Crippen molar-refractivity contribution < 1.29 is 4.39 Å². The molecule has 0 aliphatic rings. The van der Waals surface area contributed by atoms with E-state index in [1.807, 2.05) is 0 Å². The first-order valence-electron chi connectivity index (χ1n) is 8.64. The monoisotopic (exact) mass is 338 g/mol. The van der Waals surface area contributed by atoms with Crippen LogP contribution in [0.2, 0.25) is 0 Å². The number of anilines is 1. The molecule has 0 unspecified atom stereocenters. The second kappa shape index (κ2) is 8.03. The molecular formula is C20H23FN4. The first-order valence-corrected chi connectivity index (χ1v) is 8.64. The normalized spacial score (nSPS) is 11.2. The van der Waals surface area contributed by atoms with Gasteiger partial charge in [-0.2, -0.15) is 0 Å². The van der Waals surface area contributed by atoms with Crippen LogP contribution < -0.4 is 5.32 Å². The molecule has 0 amide bonds. The minimum atomic E-state index is -0.309. The van der Waals surface area contributed by atoms with Gasteiger partial charge in [0, 0.05) is 13.1 Å². The smallest absolute Gasteiger partial charge is 0.140 e. The van der Waals surface area contributed by atoms with Crippen molar-refractivity contribution in [1.29, 1.82) is 0 Å². The van der Waals surface area contributed by atoms with Crippen molar-refractivity contribution in [2.75, 3.05) is 18.4 Å². The Kier molecular flexibility index (Phi) is 5.56. The van der Waals surface area contributed by atoms with E-state index in [4.69, 9.17) is 0 Å². The van der Waals surface area contributed by atoms with Gasteiger partial charge in [-0.15, -0.1) is 0 Å². The Morgan fingerprint density at radius 3 is 2.56 bits per heavy atom. The third-order valence-electron chi connectivity index (χ3n) is 4.36. The van der Waals surface area contributed by atoms with Crippen molar-refractivity contribution in [2.24, 2.45) is 0 Å². The van der Waals surface area contributed by atoms with Gasteiger partial charge in [-0.3, -0.25) is 4.90 Å². The van der Waals surface area contributed by atoms with Crippen LogP contribution in [0.4, 0.5) is 10.2 Å². The predicted octanol–water partition coefficient (Wildman–Crippen LogP) is 4.22. The molecule has 0 fully saturated rings. The van der Waals surface area contributed by atoms with E-state index in [1.54, 1.807) is 12.1 Å². The average molecular weight is 338 g/mol. The zero-order chi connectivity index (χ0) is 17.6. The summed E-state index contributed by atoms with van der Waals surface area (Å²) >= 11 is 0. The Labute approximate surface area is 147 Å². The summed E-state index contributed by atoms with van der Waals surface area (Å²) < 4.78 is 14.1. The minimum Gasteiger partial charge on any atom is -0.365 e. The lowest BCUT2D eigenvalue weighted by molar-refractivity contribution is 0.296. The van der Waals surface area contributed by atoms with Crippen LogP contribution in [0.1, 0.15) is 25.0 Å². The van der Waals surface area contributed by atoms with Crippen molar-refractivity contribution in [1.82, 2.24) is 14.9 Å². The molecular weight excluding hydrogens is 315 g/mol. The molecule has 130 valence electrons. The molecule has 0 atom stereocenters. The van der Waals surface area contributed by atoms with Crippen molar-refractivity contribution in [2.45, 2.75) is 26.9 Å². The highest BCUT2D eigenvalue weighted by molar-refractivity contribution is 5.89. The van der Waals surface area contributed by atoms with Gasteiger partial charge in [-0.05, 0) is 36.3 Å². The number of aromatic nitrogens is 2. The third kappa shape index (κ3) is 4.12. The molecule has 1 aromatic heterocycles. The van der Waals surface area contributed by atoms with Crippen molar-refractivity contribution >= 4 is 16.7 Å². The van der Waals surface area contributed by atoms with Crippen LogP contribution in [0.15, 0.2) is 48.8 Å². The van der Waals surface area contributed by atoms with Gasteiger partial charge in [-0.1, -0.05) is 44.2 Å². The number of hydrogen-bond acceptors (Lipinski definition) is 4. The fourth-order valence-electron chi connectivity index (χ4n) is 2.93. The van der Waals surface area contributed by atoms with Gasteiger partial charge in [0.25, 0.3) is 0 Å². The highest BCUT2D eigenvalue weighted by Gasteiger charge is 2.08. The molecule has 1 heterocycles. The largest absolute Gasteiger partial charge is 0.365 e. The first-order chi connectivity index (χ1) is 12.2. The number of halogens is 1. The van der Waals surface area contributed by atoms with Gasteiger partial charge in [0.05, 0.1) is 10.9 Å². The summed E-state index contributed by atoms with van der Waals surface area (Å²) in [5.41, 5.74) is 3.03. The van der Waals surface area contributed by atoms with Crippen molar-refractivity contribution in [3.63, 3.8) is 0 Å². The maximum atomic E-state index is 14.1. The van der Waals surface area contributed by atoms with E-state index < -0.39 is 0 Å². The molecule has 2 aromatic carbocycles. The number of fused-ring (bicyclic) bond motifs is 1. The second-order valence-corrected chi connectivity index (χ2v) is 5.99. The van der Waals surface area contributed by atoms with Crippen LogP contribution >= 0.6 is 0 Å². The maximum absolute atomic E-state index is 14.1. The molecule has 3 aromatic rings. The number of benzene rings is 2. The molecule has 0 bridgehead atoms. The molecule has 0 aliphatic heterocycles. The zero-order valence-electron chi connectivity index (χ0n) is 14.7. The predicted molar refractivity (Wildman–Crippen MR) is 99.9 cm³/mol. The first kappa shape index (κ1) is 17.3. The summed E-state index contributed by atoms with van der Waals surface area (Å²) in [6, 6.07) is 13.3. The molecule has 3 rings (SSSR count). The number of hydrogen-bond donors (Lipinski definition) is 1. The lowest BCUT2D eigenvalue weighted by atomic mass is 10.1. The van der Waals surface area contributed by atoms with E-state index >= 15 is 0 Å². The molecule has 0 radical (unpaired) electrons. The van der Waals surface area contributed by atoms with Crippen LogP contribution in [0.3, 0.4) is 0 Å². The van der Waals surface area contributed by atoms with Gasteiger partial charge in [0.1, 0.15) is 18.0 Å². The van der Waals surface area contributed by atoms with Crippen LogP contribution in [-0.4, -0.2) is 28.0 Å². The van der Waals surface area contributed by atoms with E-state index in [0.29, 0.717) is 23.3 Å². The Morgan fingerprint density at radius 1 is 1.00 bits per heavy atom. The summed E-state index contributed by atoms with van der Waals surface area (Å²) in [6.07, 6.45) is 1.46. The van der Waals surface area contributed by atoms with E-state index in [1.165, 1.54) is 18.0 Å². The van der Waals surface area contributed by atoms with E-state index in [-0.39, 0.29) is 5.82 Å². The summed E-state index contributed by atoms with van der Waals surface area (Å²) in [7, 11) is 0. The van der Waals surface area contributed by atoms with Gasteiger partial charge < -0.3 is 5.32 Å². The number of nitrogens with one attached hydrogen (secondary N) is 1. The van der Waals surface area contributed by atoms with Crippen LogP contribution in [-0.2, 0) is 13.1 Å². The molecule has 4 nitrogen and oxygen atoms in total. The Morgan fingerprint density at radius 2 is 1.76 bits per heavy atom. The van der Waals surface area contributed by atoms with Crippen LogP contribution in [0, 0.1) is 5.82 Å². The third-order valence-corrected chi connectivity index (χ3v) is 4.36. The lowest BCUT2D eigenvalue weighted by Gasteiger charge is -2.18. The summed E-state index contributed by atoms with van der Waals surface area (Å²) in [4.78, 5) is 10.7. The minimum absolute atomic E-state index is 0.309. The molecule has 0 aliphatic carbocycles. The fraction of sp³-hybridized carbons (Fsp3) is 0.300. The van der Waals surface area contributed by atoms with Crippen LogP contribution in [0.5, 0.6) is 0 Å². The Bertz CT molecular complexity index is 841. The Hall–Kier alpha value is -2.53. The summed E-state index contributed by atoms with van der Waals surface area (Å²) in [6.45, 7) is 7.93. The number of rotatable bonds is 7. The van der Waals surface area contributed by atoms with E-state index in [0.717, 1.165) is 25.2 Å². The molecule has 0 saturated heterocycles. The van der Waals surface area contributed by atoms with Gasteiger partial charge >= 0.3 is 0 Å². The highest BCUT2D eigenvalue weighted by Crippen LogP contribution is 2.22.